The molecule has 8 rings (SSSR count). The van der Waals surface area contributed by atoms with Gasteiger partial charge in [0, 0.05) is 66.5 Å². The summed E-state index contributed by atoms with van der Waals surface area (Å²) in [6, 6.07) is 13.5. The Bertz CT molecular complexity index is 2040. The summed E-state index contributed by atoms with van der Waals surface area (Å²) in [7, 11) is 1.81. The van der Waals surface area contributed by atoms with Crippen LogP contribution in [0.1, 0.15) is 57.9 Å². The smallest absolute Gasteiger partial charge is 0.336 e. The molecule has 3 aromatic carbocycles. The lowest BCUT2D eigenvalue weighted by Crippen LogP contribution is -2.84. The standard InChI is InChI=1S/C34H31N3O4/c1-18-24-17-27-25(15-19(24)11-12-35-18)32-29(33(38)36(27)2)28(21-8-3-4-9-22(21)34(39)40)26-16-20-7-5-13-37-14-6-10-23(30(20)37)31(26)41-32/h3-4,8-9,15-17,35H,5-7,10-14H2,1-2H3,(H,39,40)/p+1. The van der Waals surface area contributed by atoms with E-state index in [9.17, 15) is 14.7 Å². The number of pyridine rings is 1. The van der Waals surface area contributed by atoms with E-state index in [1.807, 2.05) is 19.2 Å². The molecular weight excluding hydrogens is 514 g/mol. The summed E-state index contributed by atoms with van der Waals surface area (Å²) in [6.45, 7) is 5.19. The summed E-state index contributed by atoms with van der Waals surface area (Å²) in [5.74, 6) is 0.313. The Hall–Kier alpha value is -4.36. The van der Waals surface area contributed by atoms with Gasteiger partial charge in [0.15, 0.2) is 0 Å². The number of nitrogens with zero attached hydrogens (tertiary/aromatic N) is 2. The number of aromatic nitrogens is 1. The van der Waals surface area contributed by atoms with Gasteiger partial charge in [-0.05, 0) is 66.6 Å². The first-order chi connectivity index (χ1) is 19.9. The third kappa shape index (κ3) is 3.42. The molecule has 7 nitrogen and oxygen atoms in total. The number of aryl methyl sites for hydroxylation is 2. The lowest BCUT2D eigenvalue weighted by molar-refractivity contribution is -0.567. The van der Waals surface area contributed by atoms with E-state index in [-0.39, 0.29) is 11.1 Å². The molecule has 0 atom stereocenters. The molecule has 4 aliphatic heterocycles. The monoisotopic (exact) mass is 546 g/mol. The molecule has 0 unspecified atom stereocenters. The van der Waals surface area contributed by atoms with Crippen LogP contribution in [0.2, 0.25) is 0 Å². The van der Waals surface area contributed by atoms with Gasteiger partial charge in [-0.2, -0.15) is 0 Å². The van der Waals surface area contributed by atoms with Crippen LogP contribution in [0, 0.1) is 0 Å². The van der Waals surface area contributed by atoms with E-state index in [1.165, 1.54) is 33.3 Å². The maximum Gasteiger partial charge on any atom is 0.336 e. The molecule has 3 N–H and O–H groups in total. The van der Waals surface area contributed by atoms with Gasteiger partial charge in [-0.25, -0.2) is 4.79 Å². The molecule has 0 amide bonds. The normalized spacial score (nSPS) is 17.0. The van der Waals surface area contributed by atoms with Crippen LogP contribution in [0.3, 0.4) is 0 Å². The van der Waals surface area contributed by atoms with Crippen molar-refractivity contribution in [1.82, 2.24) is 4.57 Å². The Morgan fingerprint density at radius 3 is 2.61 bits per heavy atom. The van der Waals surface area contributed by atoms with E-state index in [1.54, 1.807) is 16.7 Å². The number of anilines is 1. The second-order valence-corrected chi connectivity index (χ2v) is 11.8. The van der Waals surface area contributed by atoms with Gasteiger partial charge in [-0.3, -0.25) is 4.79 Å². The van der Waals surface area contributed by atoms with Crippen LogP contribution in [-0.2, 0) is 26.3 Å². The molecule has 1 aromatic heterocycles. The largest absolute Gasteiger partial charge is 0.478 e. The van der Waals surface area contributed by atoms with Gasteiger partial charge in [-0.1, -0.05) is 18.2 Å². The van der Waals surface area contributed by atoms with Crippen molar-refractivity contribution in [3.05, 3.63) is 96.6 Å². The number of fused-ring (bicyclic) bond motifs is 6. The van der Waals surface area contributed by atoms with Crippen molar-refractivity contribution in [2.45, 2.75) is 39.0 Å². The fourth-order valence-electron chi connectivity index (χ4n) is 7.59. The molecule has 7 heteroatoms. The van der Waals surface area contributed by atoms with Crippen LogP contribution in [0.5, 0.6) is 11.5 Å². The molecule has 0 saturated heterocycles. The first-order valence-corrected chi connectivity index (χ1v) is 14.6. The van der Waals surface area contributed by atoms with Gasteiger partial charge in [0.05, 0.1) is 22.8 Å². The van der Waals surface area contributed by atoms with Crippen LogP contribution in [0.25, 0.3) is 22.2 Å². The Balaban J connectivity index is 1.58. The van der Waals surface area contributed by atoms with Crippen molar-refractivity contribution in [3.63, 3.8) is 0 Å². The van der Waals surface area contributed by atoms with E-state index >= 15 is 0 Å². The summed E-state index contributed by atoms with van der Waals surface area (Å²) in [6.07, 6.45) is 4.91. The quantitative estimate of drug-likeness (QED) is 0.355. The van der Waals surface area contributed by atoms with Gasteiger partial charge in [0.25, 0.3) is 5.56 Å². The average Bonchev–Trinajstić information content (AvgIpc) is 2.99. The van der Waals surface area contributed by atoms with Crippen LogP contribution in [0.15, 0.2) is 47.3 Å². The van der Waals surface area contributed by atoms with Crippen molar-refractivity contribution in [1.29, 1.82) is 0 Å². The van der Waals surface area contributed by atoms with Gasteiger partial charge >= 0.3 is 5.97 Å². The van der Waals surface area contributed by atoms with Crippen LogP contribution in [0.4, 0.5) is 5.69 Å². The Kier molecular flexibility index (Phi) is 5.26. The number of quaternary nitrogens is 1. The second kappa shape index (κ2) is 8.82. The van der Waals surface area contributed by atoms with Crippen molar-refractivity contribution in [2.75, 3.05) is 24.5 Å². The number of hydrogen-bond acceptors (Lipinski definition) is 4. The molecule has 0 spiro atoms. The maximum atomic E-state index is 14.3. The highest BCUT2D eigenvalue weighted by molar-refractivity contribution is 6.00. The summed E-state index contributed by atoms with van der Waals surface area (Å²) in [5.41, 5.74) is 9.07. The number of carbonyl (C=O) groups is 1. The minimum absolute atomic E-state index is 0.182. The maximum absolute atomic E-state index is 14.3. The van der Waals surface area contributed by atoms with Crippen molar-refractivity contribution < 1.29 is 20.0 Å². The zero-order valence-corrected chi connectivity index (χ0v) is 23.3. The minimum atomic E-state index is -1.01. The predicted molar refractivity (Wildman–Crippen MR) is 158 cm³/mol. The van der Waals surface area contributed by atoms with Crippen molar-refractivity contribution in [3.8, 4) is 11.5 Å². The van der Waals surface area contributed by atoms with Gasteiger partial charge in [-0.15, -0.1) is 0 Å². The number of ether oxygens (including phenoxy) is 1. The lowest BCUT2D eigenvalue weighted by Gasteiger charge is -2.39. The van der Waals surface area contributed by atoms with Crippen LogP contribution in [-0.4, -0.2) is 35.3 Å². The fraction of sp³-hybridized carbons (Fsp3) is 0.294. The molecule has 0 saturated carbocycles. The molecule has 41 heavy (non-hydrogen) atoms. The topological polar surface area (TPSA) is 88.4 Å². The number of rotatable bonds is 2. The number of benzene rings is 3. The highest BCUT2D eigenvalue weighted by Gasteiger charge is 2.35. The number of carboxylic acid groups (broad SMARTS) is 1. The SMILES string of the molecule is CC1=c2cc3c(cc2CC[NH2+]1)c1c(c(=O)n3C)=C(c2ccccc2C(=O)O)c2cc3c4c(c2O1)CCCN4CCC3. The summed E-state index contributed by atoms with van der Waals surface area (Å²) >= 11 is 0. The molecular formula is C34H32N3O4+. The zero-order valence-electron chi connectivity index (χ0n) is 23.3. The number of carboxylic acids is 1. The van der Waals surface area contributed by atoms with Gasteiger partial charge in [0.2, 0.25) is 0 Å². The lowest BCUT2D eigenvalue weighted by atomic mass is 9.83. The van der Waals surface area contributed by atoms with E-state index in [0.717, 1.165) is 74.0 Å². The minimum Gasteiger partial charge on any atom is -0.478 e. The van der Waals surface area contributed by atoms with Crippen molar-refractivity contribution in [2.24, 2.45) is 7.05 Å². The van der Waals surface area contributed by atoms with Gasteiger partial charge in [0.1, 0.15) is 17.2 Å². The molecule has 206 valence electrons. The summed E-state index contributed by atoms with van der Waals surface area (Å²) < 4.78 is 8.65. The summed E-state index contributed by atoms with van der Waals surface area (Å²) in [5, 5.41) is 15.0. The Morgan fingerprint density at radius 2 is 1.78 bits per heavy atom. The fourth-order valence-corrected chi connectivity index (χ4v) is 7.59. The average molecular weight is 547 g/mol. The molecule has 0 radical (unpaired) electrons. The molecule has 4 aliphatic rings. The molecule has 5 heterocycles. The number of aromatic carboxylic acids is 1. The Morgan fingerprint density at radius 1 is 0.976 bits per heavy atom. The van der Waals surface area contributed by atoms with E-state index in [4.69, 9.17) is 4.74 Å². The van der Waals surface area contributed by atoms with Gasteiger partial charge < -0.3 is 24.6 Å². The summed E-state index contributed by atoms with van der Waals surface area (Å²) in [4.78, 5) is 29.3. The van der Waals surface area contributed by atoms with E-state index in [2.05, 4.69) is 35.3 Å². The van der Waals surface area contributed by atoms with Crippen LogP contribution < -0.4 is 31.0 Å². The third-order valence-electron chi connectivity index (χ3n) is 9.48. The predicted octanol–water partition coefficient (Wildman–Crippen LogP) is 2.54. The van der Waals surface area contributed by atoms with E-state index < -0.39 is 5.97 Å². The Labute approximate surface area is 237 Å². The first kappa shape index (κ1) is 24.4. The second-order valence-electron chi connectivity index (χ2n) is 11.8. The highest BCUT2D eigenvalue weighted by Crippen LogP contribution is 2.48. The number of nitrogens with two attached hydrogens (primary N) is 1. The molecule has 0 bridgehead atoms. The molecule has 0 fully saturated rings. The van der Waals surface area contributed by atoms with Crippen LogP contribution >= 0.6 is 0 Å². The molecule has 0 aliphatic carbocycles. The van der Waals surface area contributed by atoms with Crippen molar-refractivity contribution >= 4 is 33.8 Å². The number of hydrogen-bond donors (Lipinski definition) is 2. The highest BCUT2D eigenvalue weighted by atomic mass is 16.5. The van der Waals surface area contributed by atoms with E-state index in [0.29, 0.717) is 22.1 Å². The first-order valence-electron chi connectivity index (χ1n) is 14.6. The molecule has 4 aromatic rings. The third-order valence-corrected chi connectivity index (χ3v) is 9.48. The zero-order chi connectivity index (χ0) is 28.0.